The molecule has 2 aromatic carbocycles. The van der Waals surface area contributed by atoms with Crippen molar-refractivity contribution in [2.75, 3.05) is 12.1 Å². The lowest BCUT2D eigenvalue weighted by molar-refractivity contribution is -0.111. The van der Waals surface area contributed by atoms with E-state index in [4.69, 9.17) is 14.7 Å². The molecule has 5 nitrogen and oxygen atoms in total. The van der Waals surface area contributed by atoms with Crippen molar-refractivity contribution < 1.29 is 14.3 Å². The number of fused-ring (bicyclic) bond motifs is 1. The number of nitrogens with one attached hydrogen (secondary N) is 1. The van der Waals surface area contributed by atoms with Crippen LogP contribution in [-0.2, 0) is 4.79 Å². The van der Waals surface area contributed by atoms with Crippen molar-refractivity contribution in [2.45, 2.75) is 0 Å². The predicted octanol–water partition coefficient (Wildman–Crippen LogP) is 2.94. The number of benzene rings is 2. The third kappa shape index (κ3) is 2.91. The van der Waals surface area contributed by atoms with Crippen LogP contribution in [0.3, 0.4) is 0 Å². The van der Waals surface area contributed by atoms with Gasteiger partial charge in [0.1, 0.15) is 0 Å². The third-order valence-corrected chi connectivity index (χ3v) is 3.14. The summed E-state index contributed by atoms with van der Waals surface area (Å²) in [5.74, 6) is 0.986. The summed E-state index contributed by atoms with van der Waals surface area (Å²) in [5.41, 5.74) is 1.84. The van der Waals surface area contributed by atoms with Gasteiger partial charge in [0.25, 0.3) is 0 Å². The van der Waals surface area contributed by atoms with E-state index in [2.05, 4.69) is 11.4 Å². The summed E-state index contributed by atoms with van der Waals surface area (Å²) in [6.07, 6.45) is 3.00. The molecule has 108 valence electrons. The molecule has 1 N–H and O–H groups in total. The molecule has 5 heteroatoms. The molecule has 1 amide bonds. The van der Waals surface area contributed by atoms with E-state index in [1.165, 1.54) is 6.08 Å². The summed E-state index contributed by atoms with van der Waals surface area (Å²) in [6.45, 7) is 0.192. The first-order valence-electron chi connectivity index (χ1n) is 6.64. The van der Waals surface area contributed by atoms with Gasteiger partial charge in [0.05, 0.1) is 11.6 Å². The van der Waals surface area contributed by atoms with Gasteiger partial charge in [-0.3, -0.25) is 4.79 Å². The quantitative estimate of drug-likeness (QED) is 0.883. The molecule has 0 aromatic heterocycles. The van der Waals surface area contributed by atoms with Gasteiger partial charge < -0.3 is 14.8 Å². The number of hydrogen-bond acceptors (Lipinski definition) is 4. The molecule has 0 aliphatic carbocycles. The van der Waals surface area contributed by atoms with Crippen LogP contribution in [0.2, 0.25) is 0 Å². The van der Waals surface area contributed by atoms with Crippen molar-refractivity contribution >= 4 is 17.7 Å². The predicted molar refractivity (Wildman–Crippen MR) is 81.4 cm³/mol. The summed E-state index contributed by atoms with van der Waals surface area (Å²) in [5, 5.41) is 11.7. The van der Waals surface area contributed by atoms with E-state index >= 15 is 0 Å². The molecule has 0 spiro atoms. The Kier molecular flexibility index (Phi) is 3.75. The van der Waals surface area contributed by atoms with Crippen LogP contribution in [0.25, 0.3) is 6.08 Å². The monoisotopic (exact) mass is 292 g/mol. The molecule has 22 heavy (non-hydrogen) atoms. The number of carbonyl (C=O) groups is 1. The lowest BCUT2D eigenvalue weighted by Gasteiger charge is -2.03. The zero-order valence-electron chi connectivity index (χ0n) is 11.6. The number of rotatable bonds is 3. The maximum absolute atomic E-state index is 11.9. The molecular formula is C17H12N2O3. The van der Waals surface area contributed by atoms with Crippen molar-refractivity contribution in [1.29, 1.82) is 5.26 Å². The highest BCUT2D eigenvalue weighted by molar-refractivity contribution is 6.02. The SMILES string of the molecule is N#Cc1ccccc1C=CC(=O)Nc1ccc2c(c1)OCO2. The van der Waals surface area contributed by atoms with Gasteiger partial charge in [0.2, 0.25) is 12.7 Å². The molecule has 1 heterocycles. The minimum Gasteiger partial charge on any atom is -0.454 e. The smallest absolute Gasteiger partial charge is 0.248 e. The Hall–Kier alpha value is -3.26. The highest BCUT2D eigenvalue weighted by Gasteiger charge is 2.13. The standard InChI is InChI=1S/C17H12N2O3/c18-10-13-4-2-1-3-12(13)5-8-17(20)19-14-6-7-15-16(9-14)22-11-21-15/h1-9H,11H2,(H,19,20). The fourth-order valence-electron chi connectivity index (χ4n) is 2.07. The van der Waals surface area contributed by atoms with Crippen LogP contribution >= 0.6 is 0 Å². The number of anilines is 1. The molecular weight excluding hydrogens is 280 g/mol. The Labute approximate surface area is 127 Å². The zero-order valence-corrected chi connectivity index (χ0v) is 11.6. The zero-order chi connectivity index (χ0) is 15.4. The van der Waals surface area contributed by atoms with E-state index in [-0.39, 0.29) is 12.7 Å². The second-order valence-corrected chi connectivity index (χ2v) is 4.59. The van der Waals surface area contributed by atoms with Crippen LogP contribution in [0.1, 0.15) is 11.1 Å². The minimum absolute atomic E-state index is 0.192. The van der Waals surface area contributed by atoms with Crippen molar-refractivity contribution in [1.82, 2.24) is 0 Å². The Morgan fingerprint density at radius 2 is 2.00 bits per heavy atom. The van der Waals surface area contributed by atoms with Crippen LogP contribution in [0.15, 0.2) is 48.5 Å². The van der Waals surface area contributed by atoms with Crippen LogP contribution in [-0.4, -0.2) is 12.7 Å². The first-order chi connectivity index (χ1) is 10.8. The summed E-state index contributed by atoms with van der Waals surface area (Å²) in [6, 6.07) is 14.4. The number of nitriles is 1. The first kappa shape index (κ1) is 13.7. The minimum atomic E-state index is -0.286. The highest BCUT2D eigenvalue weighted by Crippen LogP contribution is 2.34. The van der Waals surface area contributed by atoms with E-state index < -0.39 is 0 Å². The van der Waals surface area contributed by atoms with Gasteiger partial charge in [-0.05, 0) is 29.8 Å². The summed E-state index contributed by atoms with van der Waals surface area (Å²) in [4.78, 5) is 11.9. The van der Waals surface area contributed by atoms with E-state index in [9.17, 15) is 4.79 Å². The van der Waals surface area contributed by atoms with Gasteiger partial charge in [-0.25, -0.2) is 0 Å². The summed E-state index contributed by atoms with van der Waals surface area (Å²) >= 11 is 0. The van der Waals surface area contributed by atoms with Gasteiger partial charge in [-0.15, -0.1) is 0 Å². The Morgan fingerprint density at radius 3 is 2.86 bits per heavy atom. The fraction of sp³-hybridized carbons (Fsp3) is 0.0588. The molecule has 0 saturated heterocycles. The molecule has 1 aliphatic heterocycles. The maximum Gasteiger partial charge on any atom is 0.248 e. The number of ether oxygens (including phenoxy) is 2. The largest absolute Gasteiger partial charge is 0.454 e. The molecule has 0 saturated carbocycles. The number of carbonyl (C=O) groups excluding carboxylic acids is 1. The summed E-state index contributed by atoms with van der Waals surface area (Å²) < 4.78 is 10.5. The summed E-state index contributed by atoms with van der Waals surface area (Å²) in [7, 11) is 0. The number of hydrogen-bond donors (Lipinski definition) is 1. The lowest BCUT2D eigenvalue weighted by atomic mass is 10.1. The van der Waals surface area contributed by atoms with Gasteiger partial charge >= 0.3 is 0 Å². The van der Waals surface area contributed by atoms with Crippen LogP contribution in [0.4, 0.5) is 5.69 Å². The third-order valence-electron chi connectivity index (χ3n) is 3.14. The molecule has 2 aromatic rings. The Morgan fingerprint density at radius 1 is 1.18 bits per heavy atom. The van der Waals surface area contributed by atoms with Crippen LogP contribution in [0.5, 0.6) is 11.5 Å². The van der Waals surface area contributed by atoms with Gasteiger partial charge in [-0.2, -0.15) is 5.26 Å². The van der Waals surface area contributed by atoms with Crippen molar-refractivity contribution in [3.05, 3.63) is 59.7 Å². The van der Waals surface area contributed by atoms with E-state index in [1.807, 2.05) is 6.07 Å². The lowest BCUT2D eigenvalue weighted by Crippen LogP contribution is -2.07. The van der Waals surface area contributed by atoms with E-state index in [1.54, 1.807) is 42.5 Å². The molecule has 0 bridgehead atoms. The fourth-order valence-corrected chi connectivity index (χ4v) is 2.07. The van der Waals surface area contributed by atoms with Gasteiger partial charge in [-0.1, -0.05) is 18.2 Å². The maximum atomic E-state index is 11.9. The van der Waals surface area contributed by atoms with E-state index in [0.29, 0.717) is 28.3 Å². The van der Waals surface area contributed by atoms with Crippen molar-refractivity contribution in [3.8, 4) is 17.6 Å². The molecule has 0 radical (unpaired) electrons. The molecule has 1 aliphatic rings. The van der Waals surface area contributed by atoms with Crippen molar-refractivity contribution in [2.24, 2.45) is 0 Å². The van der Waals surface area contributed by atoms with Gasteiger partial charge in [0, 0.05) is 17.8 Å². The molecule has 0 atom stereocenters. The van der Waals surface area contributed by atoms with Crippen LogP contribution < -0.4 is 14.8 Å². The molecule has 3 rings (SSSR count). The average Bonchev–Trinajstić information content (AvgIpc) is 3.01. The molecule has 0 unspecified atom stereocenters. The highest BCUT2D eigenvalue weighted by atomic mass is 16.7. The number of nitrogens with zero attached hydrogens (tertiary/aromatic N) is 1. The second kappa shape index (κ2) is 6.02. The van der Waals surface area contributed by atoms with Gasteiger partial charge in [0.15, 0.2) is 11.5 Å². The van der Waals surface area contributed by atoms with Crippen molar-refractivity contribution in [3.63, 3.8) is 0 Å². The normalized spacial score (nSPS) is 12.1. The number of amides is 1. The van der Waals surface area contributed by atoms with Crippen LogP contribution in [0, 0.1) is 11.3 Å². The topological polar surface area (TPSA) is 71.4 Å². The van der Waals surface area contributed by atoms with E-state index in [0.717, 1.165) is 0 Å². The second-order valence-electron chi connectivity index (χ2n) is 4.59. The Bertz CT molecular complexity index is 791. The Balaban J connectivity index is 1.70. The molecule has 0 fully saturated rings. The average molecular weight is 292 g/mol. The first-order valence-corrected chi connectivity index (χ1v) is 6.64.